The molecule has 1 unspecified atom stereocenters. The molecule has 1 N–H and O–H groups in total. The summed E-state index contributed by atoms with van der Waals surface area (Å²) in [5, 5.41) is 3.21. The van der Waals surface area contributed by atoms with Crippen molar-refractivity contribution in [1.82, 2.24) is 10.2 Å². The van der Waals surface area contributed by atoms with Gasteiger partial charge >= 0.3 is 0 Å². The first kappa shape index (κ1) is 13.0. The zero-order chi connectivity index (χ0) is 12.0. The molecule has 3 nitrogen and oxygen atoms in total. The van der Waals surface area contributed by atoms with Crippen LogP contribution in [0.2, 0.25) is 0 Å². The molecule has 1 aromatic rings. The van der Waals surface area contributed by atoms with Gasteiger partial charge in [0.15, 0.2) is 0 Å². The van der Waals surface area contributed by atoms with Crippen LogP contribution in [-0.2, 0) is 0 Å². The topological polar surface area (TPSA) is 24.5 Å². The molecule has 0 spiro atoms. The Labute approximate surface area is 98.4 Å². The Hall–Kier alpha value is -1.06. The fraction of sp³-hybridized carbons (Fsp3) is 0.538. The summed E-state index contributed by atoms with van der Waals surface area (Å²) in [7, 11) is 6.05. The lowest BCUT2D eigenvalue weighted by Gasteiger charge is -2.13. The van der Waals surface area contributed by atoms with Crippen LogP contribution in [-0.4, -0.2) is 39.2 Å². The zero-order valence-electron chi connectivity index (χ0n) is 10.7. The quantitative estimate of drug-likeness (QED) is 0.795. The highest BCUT2D eigenvalue weighted by atomic mass is 16.5. The van der Waals surface area contributed by atoms with Crippen LogP contribution in [0.1, 0.15) is 18.5 Å². The minimum Gasteiger partial charge on any atom is -0.492 e. The molecular weight excluding hydrogens is 200 g/mol. The van der Waals surface area contributed by atoms with Gasteiger partial charge in [0.1, 0.15) is 12.4 Å². The summed E-state index contributed by atoms with van der Waals surface area (Å²) in [6, 6.07) is 8.64. The van der Waals surface area contributed by atoms with Crippen LogP contribution in [0.15, 0.2) is 24.3 Å². The van der Waals surface area contributed by atoms with Crippen molar-refractivity contribution in [1.29, 1.82) is 0 Å². The predicted octanol–water partition coefficient (Wildman–Crippen LogP) is 1.91. The molecule has 16 heavy (non-hydrogen) atoms. The lowest BCUT2D eigenvalue weighted by Crippen LogP contribution is -2.19. The molecule has 0 bridgehead atoms. The second kappa shape index (κ2) is 6.51. The van der Waals surface area contributed by atoms with Gasteiger partial charge in [-0.25, -0.2) is 0 Å². The Bertz CT molecular complexity index is 295. The van der Waals surface area contributed by atoms with E-state index in [4.69, 9.17) is 4.74 Å². The van der Waals surface area contributed by atoms with Gasteiger partial charge in [-0.05, 0) is 45.8 Å². The third-order valence-corrected chi connectivity index (χ3v) is 2.62. The molecule has 0 aliphatic heterocycles. The average Bonchev–Trinajstić information content (AvgIpc) is 2.28. The molecule has 0 aliphatic carbocycles. The maximum Gasteiger partial charge on any atom is 0.119 e. The summed E-state index contributed by atoms with van der Waals surface area (Å²) >= 11 is 0. The van der Waals surface area contributed by atoms with Gasteiger partial charge in [0.2, 0.25) is 0 Å². The van der Waals surface area contributed by atoms with Crippen molar-refractivity contribution in [3.63, 3.8) is 0 Å². The van der Waals surface area contributed by atoms with E-state index < -0.39 is 0 Å². The van der Waals surface area contributed by atoms with Crippen molar-refractivity contribution in [3.05, 3.63) is 29.8 Å². The van der Waals surface area contributed by atoms with Crippen LogP contribution < -0.4 is 10.1 Å². The lowest BCUT2D eigenvalue weighted by atomic mass is 10.1. The molecule has 1 rings (SSSR count). The normalized spacial score (nSPS) is 12.8. The van der Waals surface area contributed by atoms with Crippen LogP contribution in [0.5, 0.6) is 5.75 Å². The Morgan fingerprint density at radius 1 is 1.25 bits per heavy atom. The molecule has 0 amide bonds. The molecule has 0 fully saturated rings. The van der Waals surface area contributed by atoms with E-state index in [1.165, 1.54) is 5.56 Å². The summed E-state index contributed by atoms with van der Waals surface area (Å²) in [4.78, 5) is 2.11. The SMILES string of the molecule is CNC(C)c1ccc(OCCN(C)C)cc1. The minimum atomic E-state index is 0.385. The molecule has 0 saturated carbocycles. The molecule has 0 radical (unpaired) electrons. The van der Waals surface area contributed by atoms with E-state index in [0.717, 1.165) is 18.9 Å². The van der Waals surface area contributed by atoms with Crippen LogP contribution in [0.3, 0.4) is 0 Å². The fourth-order valence-electron chi connectivity index (χ4n) is 1.37. The Kier molecular flexibility index (Phi) is 5.29. The first-order chi connectivity index (χ1) is 7.63. The van der Waals surface area contributed by atoms with E-state index in [0.29, 0.717) is 6.04 Å². The smallest absolute Gasteiger partial charge is 0.119 e. The van der Waals surface area contributed by atoms with Gasteiger partial charge in [0, 0.05) is 12.6 Å². The highest BCUT2D eigenvalue weighted by molar-refractivity contribution is 5.28. The maximum absolute atomic E-state index is 5.62. The largest absolute Gasteiger partial charge is 0.492 e. The first-order valence-corrected chi connectivity index (χ1v) is 5.68. The maximum atomic E-state index is 5.62. The van der Waals surface area contributed by atoms with E-state index in [9.17, 15) is 0 Å². The number of hydrogen-bond acceptors (Lipinski definition) is 3. The number of rotatable bonds is 6. The summed E-state index contributed by atoms with van der Waals surface area (Å²) < 4.78 is 5.62. The van der Waals surface area contributed by atoms with Crippen molar-refractivity contribution < 1.29 is 4.74 Å². The molecule has 0 saturated heterocycles. The molecule has 0 aromatic heterocycles. The van der Waals surface area contributed by atoms with Gasteiger partial charge in [-0.15, -0.1) is 0 Å². The fourth-order valence-corrected chi connectivity index (χ4v) is 1.37. The van der Waals surface area contributed by atoms with E-state index >= 15 is 0 Å². The van der Waals surface area contributed by atoms with Crippen molar-refractivity contribution in [2.24, 2.45) is 0 Å². The van der Waals surface area contributed by atoms with Gasteiger partial charge in [-0.2, -0.15) is 0 Å². The van der Waals surface area contributed by atoms with E-state index in [1.54, 1.807) is 0 Å². The highest BCUT2D eigenvalue weighted by Crippen LogP contribution is 2.17. The van der Waals surface area contributed by atoms with Gasteiger partial charge in [-0.1, -0.05) is 12.1 Å². The zero-order valence-corrected chi connectivity index (χ0v) is 10.7. The number of nitrogens with zero attached hydrogens (tertiary/aromatic N) is 1. The van der Waals surface area contributed by atoms with E-state index in [1.807, 2.05) is 33.3 Å². The van der Waals surface area contributed by atoms with Crippen molar-refractivity contribution >= 4 is 0 Å². The third kappa shape index (κ3) is 4.21. The van der Waals surface area contributed by atoms with Crippen LogP contribution in [0, 0.1) is 0 Å². The number of ether oxygens (including phenoxy) is 1. The summed E-state index contributed by atoms with van der Waals surface area (Å²) in [6.07, 6.45) is 0. The van der Waals surface area contributed by atoms with Gasteiger partial charge in [0.25, 0.3) is 0 Å². The highest BCUT2D eigenvalue weighted by Gasteiger charge is 2.02. The summed E-state index contributed by atoms with van der Waals surface area (Å²) in [6.45, 7) is 3.81. The molecular formula is C13H22N2O. The van der Waals surface area contributed by atoms with Gasteiger partial charge in [-0.3, -0.25) is 0 Å². The number of hydrogen-bond donors (Lipinski definition) is 1. The summed E-state index contributed by atoms with van der Waals surface area (Å²) in [5.74, 6) is 0.939. The Morgan fingerprint density at radius 2 is 1.88 bits per heavy atom. The Balaban J connectivity index is 2.45. The van der Waals surface area contributed by atoms with E-state index in [-0.39, 0.29) is 0 Å². The lowest BCUT2D eigenvalue weighted by molar-refractivity contribution is 0.261. The number of likely N-dealkylation sites (N-methyl/N-ethyl adjacent to an activating group) is 1. The standard InChI is InChI=1S/C13H22N2O/c1-11(14-2)12-5-7-13(8-6-12)16-10-9-15(3)4/h5-8,11,14H,9-10H2,1-4H3. The Morgan fingerprint density at radius 3 is 2.38 bits per heavy atom. The second-order valence-corrected chi connectivity index (χ2v) is 4.23. The van der Waals surface area contributed by atoms with Gasteiger partial charge < -0.3 is 15.0 Å². The molecule has 1 atom stereocenters. The number of nitrogens with one attached hydrogen (secondary N) is 1. The number of benzene rings is 1. The average molecular weight is 222 g/mol. The predicted molar refractivity (Wildman–Crippen MR) is 68.0 cm³/mol. The molecule has 3 heteroatoms. The van der Waals surface area contributed by atoms with E-state index in [2.05, 4.69) is 29.3 Å². The van der Waals surface area contributed by atoms with Gasteiger partial charge in [0.05, 0.1) is 0 Å². The van der Waals surface area contributed by atoms with Crippen LogP contribution in [0.25, 0.3) is 0 Å². The van der Waals surface area contributed by atoms with Crippen molar-refractivity contribution in [2.45, 2.75) is 13.0 Å². The van der Waals surface area contributed by atoms with Crippen LogP contribution in [0.4, 0.5) is 0 Å². The third-order valence-electron chi connectivity index (χ3n) is 2.62. The van der Waals surface area contributed by atoms with Crippen LogP contribution >= 0.6 is 0 Å². The molecule has 1 aromatic carbocycles. The minimum absolute atomic E-state index is 0.385. The second-order valence-electron chi connectivity index (χ2n) is 4.23. The van der Waals surface area contributed by atoms with Crippen molar-refractivity contribution in [3.8, 4) is 5.75 Å². The molecule has 0 heterocycles. The molecule has 0 aliphatic rings. The first-order valence-electron chi connectivity index (χ1n) is 5.68. The molecule has 90 valence electrons. The van der Waals surface area contributed by atoms with Crippen molar-refractivity contribution in [2.75, 3.05) is 34.3 Å². The summed E-state index contributed by atoms with van der Waals surface area (Å²) in [5.41, 5.74) is 1.28. The monoisotopic (exact) mass is 222 g/mol.